The van der Waals surface area contributed by atoms with Gasteiger partial charge in [0.05, 0.1) is 18.3 Å². The van der Waals surface area contributed by atoms with E-state index in [-0.39, 0.29) is 29.8 Å². The van der Waals surface area contributed by atoms with Crippen LogP contribution in [0.1, 0.15) is 45.6 Å². The summed E-state index contributed by atoms with van der Waals surface area (Å²) >= 11 is 0. The molecule has 1 aromatic carbocycles. The van der Waals surface area contributed by atoms with E-state index >= 15 is 0 Å². The van der Waals surface area contributed by atoms with Crippen LogP contribution in [0.3, 0.4) is 0 Å². The zero-order chi connectivity index (χ0) is 22.4. The van der Waals surface area contributed by atoms with Gasteiger partial charge >= 0.3 is 0 Å². The van der Waals surface area contributed by atoms with Gasteiger partial charge in [0, 0.05) is 44.7 Å². The van der Waals surface area contributed by atoms with Crippen molar-refractivity contribution in [3.63, 3.8) is 0 Å². The molecule has 8 heteroatoms. The summed E-state index contributed by atoms with van der Waals surface area (Å²) in [5.74, 6) is 0.625. The van der Waals surface area contributed by atoms with Crippen LogP contribution in [0.5, 0.6) is 0 Å². The minimum absolute atomic E-state index is 0.00789. The molecule has 172 valence electrons. The minimum atomic E-state index is -0.277. The first-order valence-electron chi connectivity index (χ1n) is 11.4. The molecule has 0 spiro atoms. The number of piperidine rings is 1. The molecule has 1 amide bonds. The summed E-state index contributed by atoms with van der Waals surface area (Å²) in [7, 11) is 0. The van der Waals surface area contributed by atoms with E-state index in [1.54, 1.807) is 6.07 Å². The van der Waals surface area contributed by atoms with E-state index in [1.807, 2.05) is 42.7 Å². The molecule has 0 aromatic heterocycles. The van der Waals surface area contributed by atoms with Crippen LogP contribution in [-0.4, -0.2) is 66.7 Å². The lowest BCUT2D eigenvalue weighted by Gasteiger charge is -2.31. The van der Waals surface area contributed by atoms with E-state index in [0.717, 1.165) is 25.1 Å². The molecule has 1 unspecified atom stereocenters. The fourth-order valence-electron chi connectivity index (χ4n) is 4.14. The van der Waals surface area contributed by atoms with Gasteiger partial charge in [0.2, 0.25) is 5.91 Å². The summed E-state index contributed by atoms with van der Waals surface area (Å²) in [6, 6.07) is 5.43. The van der Waals surface area contributed by atoms with Gasteiger partial charge in [-0.2, -0.15) is 0 Å². The zero-order valence-electron chi connectivity index (χ0n) is 18.9. The molecule has 7 nitrogen and oxygen atoms in total. The maximum atomic E-state index is 14.7. The van der Waals surface area contributed by atoms with Gasteiger partial charge in [-0.05, 0) is 43.9 Å². The summed E-state index contributed by atoms with van der Waals surface area (Å²) in [6.45, 7) is 9.72. The number of hydrogen-bond donors (Lipinski definition) is 3. The Balaban J connectivity index is 1.59. The fraction of sp³-hybridized carbons (Fsp3) is 0.652. The molecule has 2 heterocycles. The Bertz CT molecular complexity index is 777. The number of nitrogens with zero attached hydrogens (tertiary/aromatic N) is 3. The highest BCUT2D eigenvalue weighted by molar-refractivity contribution is 5.81. The Morgan fingerprint density at radius 1 is 1.26 bits per heavy atom. The number of nitrogens with one attached hydrogen (secondary N) is 2. The van der Waals surface area contributed by atoms with Crippen LogP contribution in [0.4, 0.5) is 10.1 Å². The Kier molecular flexibility index (Phi) is 8.12. The van der Waals surface area contributed by atoms with Gasteiger partial charge in [0.1, 0.15) is 5.82 Å². The SMILES string of the molecule is CCNC(=NCc1ccc(N2CCC(O)CC2)c(F)c1)NC1CCN(C(=O)C(C)C)C1. The van der Waals surface area contributed by atoms with Crippen molar-refractivity contribution in [3.8, 4) is 0 Å². The van der Waals surface area contributed by atoms with Gasteiger partial charge in [-0.3, -0.25) is 4.79 Å². The van der Waals surface area contributed by atoms with Crippen molar-refractivity contribution < 1.29 is 14.3 Å². The highest BCUT2D eigenvalue weighted by atomic mass is 19.1. The van der Waals surface area contributed by atoms with E-state index in [0.29, 0.717) is 50.7 Å². The number of halogens is 1. The van der Waals surface area contributed by atoms with Gasteiger partial charge in [0.15, 0.2) is 5.96 Å². The van der Waals surface area contributed by atoms with E-state index < -0.39 is 0 Å². The Morgan fingerprint density at radius 2 is 2.00 bits per heavy atom. The number of aliphatic hydroxyl groups is 1. The Morgan fingerprint density at radius 3 is 2.65 bits per heavy atom. The summed E-state index contributed by atoms with van der Waals surface area (Å²) in [5, 5.41) is 16.3. The number of benzene rings is 1. The predicted octanol–water partition coefficient (Wildman–Crippen LogP) is 2.10. The van der Waals surface area contributed by atoms with Crippen molar-refractivity contribution in [1.29, 1.82) is 0 Å². The zero-order valence-corrected chi connectivity index (χ0v) is 18.9. The normalized spacial score (nSPS) is 20.5. The number of guanidine groups is 1. The van der Waals surface area contributed by atoms with Crippen molar-refractivity contribution in [2.75, 3.05) is 37.6 Å². The molecule has 1 aromatic rings. The van der Waals surface area contributed by atoms with Crippen molar-refractivity contribution >= 4 is 17.6 Å². The van der Waals surface area contributed by atoms with Gasteiger partial charge in [-0.25, -0.2) is 9.38 Å². The second kappa shape index (κ2) is 10.8. The molecule has 2 aliphatic rings. The topological polar surface area (TPSA) is 80.2 Å². The Hall–Kier alpha value is -2.35. The second-order valence-corrected chi connectivity index (χ2v) is 8.77. The predicted molar refractivity (Wildman–Crippen MR) is 122 cm³/mol. The number of aliphatic imine (C=N–C) groups is 1. The largest absolute Gasteiger partial charge is 0.393 e. The Labute approximate surface area is 184 Å². The molecule has 3 rings (SSSR count). The summed E-state index contributed by atoms with van der Waals surface area (Å²) in [5.41, 5.74) is 1.39. The van der Waals surface area contributed by atoms with E-state index in [4.69, 9.17) is 0 Å². The van der Waals surface area contributed by atoms with Crippen LogP contribution in [-0.2, 0) is 11.3 Å². The van der Waals surface area contributed by atoms with Gasteiger partial charge < -0.3 is 25.5 Å². The lowest BCUT2D eigenvalue weighted by molar-refractivity contribution is -0.133. The first-order chi connectivity index (χ1) is 14.9. The molecule has 2 aliphatic heterocycles. The van der Waals surface area contributed by atoms with Gasteiger partial charge in [-0.1, -0.05) is 19.9 Å². The third-order valence-corrected chi connectivity index (χ3v) is 5.92. The number of rotatable bonds is 6. The number of amides is 1. The molecule has 2 fully saturated rings. The van der Waals surface area contributed by atoms with E-state index in [2.05, 4.69) is 15.6 Å². The van der Waals surface area contributed by atoms with Crippen LogP contribution < -0.4 is 15.5 Å². The van der Waals surface area contributed by atoms with Crippen molar-refractivity contribution in [2.45, 2.75) is 58.7 Å². The summed E-state index contributed by atoms with van der Waals surface area (Å²) in [4.78, 5) is 20.7. The van der Waals surface area contributed by atoms with Gasteiger partial charge in [-0.15, -0.1) is 0 Å². The molecule has 31 heavy (non-hydrogen) atoms. The van der Waals surface area contributed by atoms with Crippen molar-refractivity contribution in [2.24, 2.45) is 10.9 Å². The maximum Gasteiger partial charge on any atom is 0.225 e. The minimum Gasteiger partial charge on any atom is -0.393 e. The molecular formula is C23H36FN5O2. The number of likely N-dealkylation sites (tertiary alicyclic amines) is 1. The number of anilines is 1. The van der Waals surface area contributed by atoms with Crippen molar-refractivity contribution in [3.05, 3.63) is 29.6 Å². The molecular weight excluding hydrogens is 397 g/mol. The lowest BCUT2D eigenvalue weighted by atomic mass is 10.1. The molecule has 3 N–H and O–H groups in total. The third kappa shape index (κ3) is 6.32. The van der Waals surface area contributed by atoms with Crippen LogP contribution in [0.25, 0.3) is 0 Å². The molecule has 0 radical (unpaired) electrons. The summed E-state index contributed by atoms with van der Waals surface area (Å²) < 4.78 is 14.7. The molecule has 0 aliphatic carbocycles. The smallest absolute Gasteiger partial charge is 0.225 e. The standard InChI is InChI=1S/C23H36FN5O2/c1-4-25-23(27-18-7-10-29(15-18)22(31)16(2)3)26-14-17-5-6-21(20(24)13-17)28-11-8-19(30)9-12-28/h5-6,13,16,18-19,30H,4,7-12,14-15H2,1-3H3,(H2,25,26,27). The van der Waals surface area contributed by atoms with Gasteiger partial charge in [0.25, 0.3) is 0 Å². The third-order valence-electron chi connectivity index (χ3n) is 5.92. The summed E-state index contributed by atoms with van der Waals surface area (Å²) in [6.07, 6.45) is 1.95. The number of hydrogen-bond acceptors (Lipinski definition) is 4. The number of aliphatic hydroxyl groups excluding tert-OH is 1. The number of carbonyl (C=O) groups excluding carboxylic acids is 1. The molecule has 1 atom stereocenters. The first-order valence-corrected chi connectivity index (χ1v) is 11.4. The molecule has 0 saturated carbocycles. The van der Waals surface area contributed by atoms with E-state index in [9.17, 15) is 14.3 Å². The molecule has 2 saturated heterocycles. The van der Waals surface area contributed by atoms with Crippen molar-refractivity contribution in [1.82, 2.24) is 15.5 Å². The average molecular weight is 434 g/mol. The maximum absolute atomic E-state index is 14.7. The number of carbonyl (C=O) groups is 1. The van der Waals surface area contributed by atoms with E-state index in [1.165, 1.54) is 0 Å². The molecule has 0 bridgehead atoms. The monoisotopic (exact) mass is 433 g/mol. The second-order valence-electron chi connectivity index (χ2n) is 8.77. The first kappa shape index (κ1) is 23.3. The quantitative estimate of drug-likeness (QED) is 0.473. The fourth-order valence-corrected chi connectivity index (χ4v) is 4.14. The lowest BCUT2D eigenvalue weighted by Crippen LogP contribution is -2.45. The highest BCUT2D eigenvalue weighted by Crippen LogP contribution is 2.24. The highest BCUT2D eigenvalue weighted by Gasteiger charge is 2.28. The van der Waals surface area contributed by atoms with Crippen LogP contribution in [0.15, 0.2) is 23.2 Å². The van der Waals surface area contributed by atoms with Crippen LogP contribution in [0.2, 0.25) is 0 Å². The average Bonchev–Trinajstić information content (AvgIpc) is 3.21. The van der Waals surface area contributed by atoms with Crippen LogP contribution in [0, 0.1) is 11.7 Å². The van der Waals surface area contributed by atoms with Crippen LogP contribution >= 0.6 is 0 Å².